The number of hydrogen-bond donors (Lipinski definition) is 0. The summed E-state index contributed by atoms with van der Waals surface area (Å²) in [7, 11) is -1.72. The fraction of sp³-hybridized carbons (Fsp3) is 0.359. The van der Waals surface area contributed by atoms with Gasteiger partial charge in [0.25, 0.3) is 0 Å². The zero-order valence-corrected chi connectivity index (χ0v) is 33.5. The highest BCUT2D eigenvalue weighted by Crippen LogP contribution is 2.60. The maximum Gasteiger partial charge on any atom is 0.426 e. The van der Waals surface area contributed by atoms with Crippen molar-refractivity contribution in [3.05, 3.63) is 107 Å². The zero-order chi connectivity index (χ0) is 42.8. The number of esters is 1. The standard InChI is InChI=1S/C23H19ClF3NO3.C16H18ClF3N4O2S/c1-22(2)17(12-19(24)23(25,26)27)20(22)21(29)31-18(13-28)14-7-6-10-16(11-14)30-15-8-4-3-5-9-15;1-2-23(14(25)5-8-27(26)9-6-16(18,19)20)13-11-24(22-15(13)17)12-4-3-7-21-10-12/h3-12,17-18,20H,1-2H3;3-4,7,10-11H,2,5-6,8-9H2,1H3/b19-12-;/t17-,18+,20-;/m0./s1. The van der Waals surface area contributed by atoms with Crippen molar-refractivity contribution < 1.29 is 49.6 Å². The number of alkyl halides is 6. The molecule has 0 aliphatic heterocycles. The molecule has 0 N–H and O–H groups in total. The first-order chi connectivity index (χ1) is 27.2. The molecule has 58 heavy (non-hydrogen) atoms. The van der Waals surface area contributed by atoms with Crippen molar-refractivity contribution in [1.29, 1.82) is 5.26 Å². The molecular formula is C39H37Cl2F6N5O5S. The van der Waals surface area contributed by atoms with Crippen LogP contribution < -0.4 is 9.64 Å². The molecule has 1 aliphatic carbocycles. The van der Waals surface area contributed by atoms with Gasteiger partial charge in [-0.2, -0.15) is 36.7 Å². The van der Waals surface area contributed by atoms with Gasteiger partial charge < -0.3 is 14.4 Å². The van der Waals surface area contributed by atoms with Crippen LogP contribution >= 0.6 is 23.2 Å². The van der Waals surface area contributed by atoms with Crippen LogP contribution in [-0.2, 0) is 25.1 Å². The number of rotatable bonds is 14. The number of halogens is 8. The average Bonchev–Trinajstić information content (AvgIpc) is 3.50. The first kappa shape index (κ1) is 45.8. The lowest BCUT2D eigenvalue weighted by molar-refractivity contribution is -0.149. The number of aromatic nitrogens is 3. The zero-order valence-electron chi connectivity index (χ0n) is 31.1. The van der Waals surface area contributed by atoms with E-state index in [1.165, 1.54) is 9.58 Å². The molecule has 0 saturated heterocycles. The van der Waals surface area contributed by atoms with Crippen LogP contribution in [0.2, 0.25) is 5.15 Å². The van der Waals surface area contributed by atoms with Crippen molar-refractivity contribution in [3.8, 4) is 23.3 Å². The Bertz CT molecular complexity index is 2130. The van der Waals surface area contributed by atoms with E-state index < -0.39 is 69.7 Å². The van der Waals surface area contributed by atoms with Gasteiger partial charge in [-0.15, -0.1) is 0 Å². The van der Waals surface area contributed by atoms with Gasteiger partial charge >= 0.3 is 18.3 Å². The maximum absolute atomic E-state index is 12.7. The van der Waals surface area contributed by atoms with Crippen LogP contribution in [0.4, 0.5) is 32.0 Å². The number of carbonyl (C=O) groups is 2. The molecule has 0 spiro atoms. The number of benzene rings is 2. The van der Waals surface area contributed by atoms with Gasteiger partial charge in [0, 0.05) is 47.0 Å². The molecule has 2 aromatic carbocycles. The van der Waals surface area contributed by atoms with Crippen LogP contribution in [0.3, 0.4) is 0 Å². The third-order valence-electron chi connectivity index (χ3n) is 8.88. The molecule has 310 valence electrons. The summed E-state index contributed by atoms with van der Waals surface area (Å²) in [6, 6.07) is 20.9. The van der Waals surface area contributed by atoms with E-state index in [9.17, 15) is 45.4 Å². The van der Waals surface area contributed by atoms with Gasteiger partial charge in [-0.3, -0.25) is 18.8 Å². The van der Waals surface area contributed by atoms with E-state index in [0.717, 1.165) is 6.08 Å². The van der Waals surface area contributed by atoms with Crippen molar-refractivity contribution in [2.24, 2.45) is 17.3 Å². The Hall–Kier alpha value is -4.92. The minimum Gasteiger partial charge on any atom is -0.457 e. The van der Waals surface area contributed by atoms with E-state index >= 15 is 0 Å². The number of nitrogens with zero attached hydrogens (tertiary/aromatic N) is 5. The lowest BCUT2D eigenvalue weighted by Crippen LogP contribution is -2.31. The first-order valence-electron chi connectivity index (χ1n) is 17.5. The molecule has 2 heterocycles. The predicted octanol–water partition coefficient (Wildman–Crippen LogP) is 9.91. The number of pyridine rings is 1. The van der Waals surface area contributed by atoms with E-state index in [0.29, 0.717) is 28.4 Å². The number of hydrogen-bond acceptors (Lipinski definition) is 8. The quantitative estimate of drug-likeness (QED) is 0.0906. The van der Waals surface area contributed by atoms with Gasteiger partial charge in [-0.1, -0.05) is 73.5 Å². The van der Waals surface area contributed by atoms with Crippen LogP contribution in [0, 0.1) is 28.6 Å². The molecule has 5 rings (SSSR count). The monoisotopic (exact) mass is 871 g/mol. The summed E-state index contributed by atoms with van der Waals surface area (Å²) in [5.74, 6) is -2.30. The van der Waals surface area contributed by atoms with Gasteiger partial charge in [0.15, 0.2) is 5.15 Å². The SMILES string of the molecule is CC1(C)[C@H](C(=O)O[C@H](C#N)c2cccc(Oc3ccccc3)c2)[C@@H]1/C=C(\Cl)C(F)(F)F.CCN(C(=O)CCS(=O)CCC(F)(F)F)c1cn(-c2cccnc2)nc1Cl. The summed E-state index contributed by atoms with van der Waals surface area (Å²) in [6.07, 6.45) is -5.95. The average molecular weight is 873 g/mol. The molecule has 1 fully saturated rings. The third kappa shape index (κ3) is 12.8. The molecule has 1 unspecified atom stereocenters. The Morgan fingerprint density at radius 3 is 2.34 bits per heavy atom. The van der Waals surface area contributed by atoms with E-state index in [1.54, 1.807) is 87.9 Å². The summed E-state index contributed by atoms with van der Waals surface area (Å²) in [6.45, 7) is 5.31. The molecule has 19 heteroatoms. The number of allylic oxidation sites excluding steroid dienone is 2. The molecule has 1 aliphatic rings. The van der Waals surface area contributed by atoms with E-state index in [1.807, 2.05) is 24.3 Å². The molecule has 0 bridgehead atoms. The predicted molar refractivity (Wildman–Crippen MR) is 206 cm³/mol. The van der Waals surface area contributed by atoms with Crippen molar-refractivity contribution in [2.75, 3.05) is 23.0 Å². The minimum atomic E-state index is -4.68. The number of para-hydroxylation sites is 1. The number of ether oxygens (including phenoxy) is 2. The Kier molecular flexibility index (Phi) is 15.5. The van der Waals surface area contributed by atoms with Crippen LogP contribution in [-0.4, -0.2) is 61.3 Å². The van der Waals surface area contributed by atoms with Crippen molar-refractivity contribution >= 4 is 51.6 Å². The largest absolute Gasteiger partial charge is 0.457 e. The second kappa shape index (κ2) is 19.7. The molecular weight excluding hydrogens is 835 g/mol. The van der Waals surface area contributed by atoms with E-state index in [4.69, 9.17) is 32.7 Å². The molecule has 4 aromatic rings. The smallest absolute Gasteiger partial charge is 0.426 e. The van der Waals surface area contributed by atoms with Gasteiger partial charge in [0.1, 0.15) is 28.3 Å². The summed E-state index contributed by atoms with van der Waals surface area (Å²) in [5, 5.41) is 12.5. The summed E-state index contributed by atoms with van der Waals surface area (Å²) in [5.41, 5.74) is 0.653. The van der Waals surface area contributed by atoms with Gasteiger partial charge in [0.05, 0.1) is 30.4 Å². The van der Waals surface area contributed by atoms with Gasteiger partial charge in [-0.25, -0.2) is 4.68 Å². The molecule has 0 radical (unpaired) electrons. The van der Waals surface area contributed by atoms with Gasteiger partial charge in [0.2, 0.25) is 12.0 Å². The molecule has 1 saturated carbocycles. The van der Waals surface area contributed by atoms with Crippen LogP contribution in [0.1, 0.15) is 45.3 Å². The van der Waals surface area contributed by atoms with E-state index in [-0.39, 0.29) is 29.8 Å². The third-order valence-corrected chi connectivity index (χ3v) is 10.8. The fourth-order valence-corrected chi connectivity index (χ4v) is 7.14. The number of amides is 1. The molecule has 10 nitrogen and oxygen atoms in total. The molecule has 2 aromatic heterocycles. The highest BCUT2D eigenvalue weighted by atomic mass is 35.5. The fourth-order valence-electron chi connectivity index (χ4n) is 5.71. The number of nitriles is 1. The Morgan fingerprint density at radius 2 is 1.74 bits per heavy atom. The Balaban J connectivity index is 0.000000259. The Morgan fingerprint density at radius 1 is 1.05 bits per heavy atom. The van der Waals surface area contributed by atoms with Crippen molar-refractivity contribution in [3.63, 3.8) is 0 Å². The van der Waals surface area contributed by atoms with Crippen LogP contribution in [0.15, 0.2) is 96.4 Å². The van der Waals surface area contributed by atoms with Crippen molar-refractivity contribution in [2.45, 2.75) is 52.1 Å². The highest BCUT2D eigenvalue weighted by molar-refractivity contribution is 7.85. The summed E-state index contributed by atoms with van der Waals surface area (Å²) >= 11 is 11.5. The lowest BCUT2D eigenvalue weighted by Gasteiger charge is -2.19. The number of anilines is 1. The normalized spacial score (nSPS) is 17.2. The minimum absolute atomic E-state index is 0.104. The van der Waals surface area contributed by atoms with E-state index in [2.05, 4.69) is 10.1 Å². The van der Waals surface area contributed by atoms with Crippen molar-refractivity contribution in [1.82, 2.24) is 14.8 Å². The Labute approximate surface area is 342 Å². The lowest BCUT2D eigenvalue weighted by atomic mass is 10.1. The second-order valence-corrected chi connectivity index (χ2v) is 15.8. The maximum atomic E-state index is 12.7. The topological polar surface area (TPSA) is 127 Å². The summed E-state index contributed by atoms with van der Waals surface area (Å²) in [4.78, 5) is 30.4. The van der Waals surface area contributed by atoms with Gasteiger partial charge in [-0.05, 0) is 54.7 Å². The van der Waals surface area contributed by atoms with Crippen LogP contribution in [0.25, 0.3) is 5.69 Å². The molecule has 1 amide bonds. The number of carbonyl (C=O) groups excluding carboxylic acids is 2. The summed E-state index contributed by atoms with van der Waals surface area (Å²) < 4.78 is 98.9. The van der Waals surface area contributed by atoms with Crippen LogP contribution in [0.5, 0.6) is 11.5 Å². The molecule has 4 atom stereocenters. The second-order valence-electron chi connectivity index (χ2n) is 13.3. The highest BCUT2D eigenvalue weighted by Gasteiger charge is 2.62. The first-order valence-corrected chi connectivity index (χ1v) is 19.7.